The van der Waals surface area contributed by atoms with Crippen molar-refractivity contribution >= 4 is 17.7 Å². The van der Waals surface area contributed by atoms with Crippen LogP contribution in [0.2, 0.25) is 0 Å². The standard InChI is InChI=1S/C13H16O3S/c14-13(15)6-8-17-9-10-5-7-16-12-4-2-1-3-11(10)12/h1-4,10H,5-9H2,(H,14,15). The van der Waals surface area contributed by atoms with Crippen molar-refractivity contribution < 1.29 is 14.6 Å². The van der Waals surface area contributed by atoms with Gasteiger partial charge in [-0.05, 0) is 24.0 Å². The molecule has 1 aliphatic rings. The molecule has 3 nitrogen and oxygen atoms in total. The minimum absolute atomic E-state index is 0.246. The van der Waals surface area contributed by atoms with E-state index < -0.39 is 5.97 Å². The zero-order chi connectivity index (χ0) is 12.1. The number of rotatable bonds is 5. The lowest BCUT2D eigenvalue weighted by Gasteiger charge is -2.25. The third-order valence-corrected chi connectivity index (χ3v) is 3.99. The molecule has 1 unspecified atom stereocenters. The predicted octanol–water partition coefficient (Wildman–Crippen LogP) is 2.76. The Morgan fingerprint density at radius 2 is 2.29 bits per heavy atom. The van der Waals surface area contributed by atoms with Gasteiger partial charge in [0.1, 0.15) is 5.75 Å². The highest BCUT2D eigenvalue weighted by atomic mass is 32.2. The first kappa shape index (κ1) is 12.3. The Morgan fingerprint density at radius 3 is 3.12 bits per heavy atom. The summed E-state index contributed by atoms with van der Waals surface area (Å²) >= 11 is 1.72. The molecule has 0 bridgehead atoms. The van der Waals surface area contributed by atoms with Gasteiger partial charge in [-0.25, -0.2) is 0 Å². The lowest BCUT2D eigenvalue weighted by molar-refractivity contribution is -0.136. The number of thioether (sulfide) groups is 1. The Kier molecular flexibility index (Phi) is 4.31. The van der Waals surface area contributed by atoms with Crippen LogP contribution < -0.4 is 4.74 Å². The van der Waals surface area contributed by atoms with Crippen LogP contribution in [0.15, 0.2) is 24.3 Å². The van der Waals surface area contributed by atoms with E-state index in [0.29, 0.717) is 11.7 Å². The van der Waals surface area contributed by atoms with Crippen LogP contribution >= 0.6 is 11.8 Å². The van der Waals surface area contributed by atoms with Crippen LogP contribution in [0.5, 0.6) is 5.75 Å². The zero-order valence-electron chi connectivity index (χ0n) is 9.59. The number of ether oxygens (including phenoxy) is 1. The van der Waals surface area contributed by atoms with Gasteiger partial charge in [-0.2, -0.15) is 11.8 Å². The predicted molar refractivity (Wildman–Crippen MR) is 68.9 cm³/mol. The van der Waals surface area contributed by atoms with E-state index in [1.165, 1.54) is 5.56 Å². The molecule has 0 spiro atoms. The number of benzene rings is 1. The Hall–Kier alpha value is -1.16. The largest absolute Gasteiger partial charge is 0.493 e. The second kappa shape index (κ2) is 5.96. The monoisotopic (exact) mass is 252 g/mol. The molecule has 4 heteroatoms. The van der Waals surface area contributed by atoms with Crippen molar-refractivity contribution in [2.45, 2.75) is 18.8 Å². The van der Waals surface area contributed by atoms with Crippen LogP contribution in [0.4, 0.5) is 0 Å². The highest BCUT2D eigenvalue weighted by Gasteiger charge is 2.20. The van der Waals surface area contributed by atoms with Gasteiger partial charge >= 0.3 is 5.97 Å². The van der Waals surface area contributed by atoms with Gasteiger partial charge < -0.3 is 9.84 Å². The number of para-hydroxylation sites is 1. The average molecular weight is 252 g/mol. The fraction of sp³-hybridized carbons (Fsp3) is 0.462. The minimum Gasteiger partial charge on any atom is -0.493 e. The maximum atomic E-state index is 10.4. The van der Waals surface area contributed by atoms with Crippen molar-refractivity contribution in [1.82, 2.24) is 0 Å². The maximum absolute atomic E-state index is 10.4. The number of fused-ring (bicyclic) bond motifs is 1. The summed E-state index contributed by atoms with van der Waals surface area (Å²) < 4.78 is 5.59. The Bertz CT molecular complexity index is 392. The maximum Gasteiger partial charge on any atom is 0.304 e. The molecule has 1 heterocycles. The molecule has 0 fully saturated rings. The molecule has 0 saturated carbocycles. The summed E-state index contributed by atoms with van der Waals surface area (Å²) in [6.45, 7) is 0.765. The van der Waals surface area contributed by atoms with Gasteiger partial charge in [0.25, 0.3) is 0 Å². The van der Waals surface area contributed by atoms with E-state index >= 15 is 0 Å². The van der Waals surface area contributed by atoms with Crippen molar-refractivity contribution in [3.63, 3.8) is 0 Å². The molecule has 1 atom stereocenters. The number of hydrogen-bond acceptors (Lipinski definition) is 3. The molecular formula is C13H16O3S. The molecule has 92 valence electrons. The fourth-order valence-electron chi connectivity index (χ4n) is 1.97. The highest BCUT2D eigenvalue weighted by molar-refractivity contribution is 7.99. The van der Waals surface area contributed by atoms with Gasteiger partial charge in [0.2, 0.25) is 0 Å². The molecule has 0 aromatic heterocycles. The Morgan fingerprint density at radius 1 is 1.47 bits per heavy atom. The molecule has 1 aromatic rings. The first-order valence-corrected chi connectivity index (χ1v) is 6.94. The molecule has 17 heavy (non-hydrogen) atoms. The lowest BCUT2D eigenvalue weighted by atomic mass is 9.95. The number of carboxylic acids is 1. The summed E-state index contributed by atoms with van der Waals surface area (Å²) in [4.78, 5) is 10.4. The summed E-state index contributed by atoms with van der Waals surface area (Å²) in [5.74, 6) is 2.44. The lowest BCUT2D eigenvalue weighted by Crippen LogP contribution is -2.16. The van der Waals surface area contributed by atoms with Crippen LogP contribution in [0, 0.1) is 0 Å². The summed E-state index contributed by atoms with van der Waals surface area (Å²) in [7, 11) is 0. The van der Waals surface area contributed by atoms with E-state index in [2.05, 4.69) is 6.07 Å². The third-order valence-electron chi connectivity index (χ3n) is 2.86. The minimum atomic E-state index is -0.718. The third kappa shape index (κ3) is 3.40. The molecule has 0 amide bonds. The summed E-state index contributed by atoms with van der Waals surface area (Å²) in [6, 6.07) is 8.13. The quantitative estimate of drug-likeness (QED) is 0.818. The molecule has 0 saturated heterocycles. The van der Waals surface area contributed by atoms with E-state index in [-0.39, 0.29) is 6.42 Å². The summed E-state index contributed by atoms with van der Waals surface area (Å²) in [5.41, 5.74) is 1.27. The van der Waals surface area contributed by atoms with E-state index in [4.69, 9.17) is 9.84 Å². The normalized spacial score (nSPS) is 18.2. The molecule has 1 aliphatic heterocycles. The smallest absolute Gasteiger partial charge is 0.304 e. The Balaban J connectivity index is 1.88. The van der Waals surface area contributed by atoms with Gasteiger partial charge in [-0.15, -0.1) is 0 Å². The second-order valence-electron chi connectivity index (χ2n) is 4.09. The number of carbonyl (C=O) groups is 1. The SMILES string of the molecule is O=C(O)CCSCC1CCOc2ccccc21. The fourth-order valence-corrected chi connectivity index (χ4v) is 3.09. The highest BCUT2D eigenvalue weighted by Crippen LogP contribution is 2.35. The van der Waals surface area contributed by atoms with Crippen LogP contribution in [0.25, 0.3) is 0 Å². The number of carboxylic acid groups (broad SMARTS) is 1. The van der Waals surface area contributed by atoms with Gasteiger partial charge in [-0.1, -0.05) is 18.2 Å². The first-order chi connectivity index (χ1) is 8.27. The van der Waals surface area contributed by atoms with Crippen molar-refractivity contribution in [2.75, 3.05) is 18.1 Å². The molecule has 2 rings (SSSR count). The van der Waals surface area contributed by atoms with E-state index in [1.54, 1.807) is 11.8 Å². The van der Waals surface area contributed by atoms with Gasteiger partial charge in [0, 0.05) is 11.5 Å². The van der Waals surface area contributed by atoms with Crippen LogP contribution in [0.1, 0.15) is 24.3 Å². The summed E-state index contributed by atoms with van der Waals surface area (Å²) in [5, 5.41) is 8.57. The van der Waals surface area contributed by atoms with E-state index in [1.807, 2.05) is 18.2 Å². The van der Waals surface area contributed by atoms with Crippen molar-refractivity contribution in [2.24, 2.45) is 0 Å². The molecule has 0 aliphatic carbocycles. The van der Waals surface area contributed by atoms with Crippen LogP contribution in [-0.2, 0) is 4.79 Å². The van der Waals surface area contributed by atoms with Gasteiger partial charge in [-0.3, -0.25) is 4.79 Å². The molecule has 0 radical (unpaired) electrons. The molecular weight excluding hydrogens is 236 g/mol. The topological polar surface area (TPSA) is 46.5 Å². The van der Waals surface area contributed by atoms with E-state index in [9.17, 15) is 4.79 Å². The zero-order valence-corrected chi connectivity index (χ0v) is 10.4. The second-order valence-corrected chi connectivity index (χ2v) is 5.24. The number of aliphatic carboxylic acids is 1. The van der Waals surface area contributed by atoms with Crippen LogP contribution in [-0.4, -0.2) is 29.2 Å². The molecule has 1 aromatic carbocycles. The Labute approximate surface area is 105 Å². The summed E-state index contributed by atoms with van der Waals surface area (Å²) in [6.07, 6.45) is 1.27. The average Bonchev–Trinajstić information content (AvgIpc) is 2.34. The van der Waals surface area contributed by atoms with Crippen molar-refractivity contribution in [3.05, 3.63) is 29.8 Å². The van der Waals surface area contributed by atoms with Gasteiger partial charge in [0.15, 0.2) is 0 Å². The van der Waals surface area contributed by atoms with Crippen LogP contribution in [0.3, 0.4) is 0 Å². The van der Waals surface area contributed by atoms with Crippen molar-refractivity contribution in [1.29, 1.82) is 0 Å². The van der Waals surface area contributed by atoms with Crippen molar-refractivity contribution in [3.8, 4) is 5.75 Å². The number of hydrogen-bond donors (Lipinski definition) is 1. The molecule has 1 N–H and O–H groups in total. The van der Waals surface area contributed by atoms with E-state index in [0.717, 1.165) is 24.5 Å². The van der Waals surface area contributed by atoms with Gasteiger partial charge in [0.05, 0.1) is 13.0 Å². The first-order valence-electron chi connectivity index (χ1n) is 5.78.